The average molecular weight is 289 g/mol. The summed E-state index contributed by atoms with van der Waals surface area (Å²) in [5.41, 5.74) is 6.97. The number of amides is 2. The summed E-state index contributed by atoms with van der Waals surface area (Å²) >= 11 is 0. The third-order valence-electron chi connectivity index (χ3n) is 4.03. The molecule has 1 saturated heterocycles. The fraction of sp³-hybridized carbons (Fsp3) is 0.500. The average Bonchev–Trinajstić information content (AvgIpc) is 2.91. The Labute approximate surface area is 125 Å². The van der Waals surface area contributed by atoms with Crippen LogP contribution in [0.5, 0.6) is 0 Å². The molecule has 5 heteroatoms. The normalized spacial score (nSPS) is 17.7. The summed E-state index contributed by atoms with van der Waals surface area (Å²) in [5, 5.41) is 2.84. The van der Waals surface area contributed by atoms with Crippen molar-refractivity contribution >= 4 is 17.5 Å². The van der Waals surface area contributed by atoms with Gasteiger partial charge in [0.15, 0.2) is 0 Å². The number of hydrogen-bond donors (Lipinski definition) is 2. The van der Waals surface area contributed by atoms with Crippen LogP contribution in [0.3, 0.4) is 0 Å². The van der Waals surface area contributed by atoms with E-state index in [0.717, 1.165) is 24.2 Å². The Hall–Kier alpha value is -1.88. The second-order valence-electron chi connectivity index (χ2n) is 5.77. The highest BCUT2D eigenvalue weighted by atomic mass is 16.2. The number of benzene rings is 1. The molecule has 0 aliphatic carbocycles. The smallest absolute Gasteiger partial charge is 0.240 e. The molecule has 3 N–H and O–H groups in total. The van der Waals surface area contributed by atoms with Crippen LogP contribution in [0.4, 0.5) is 5.69 Å². The highest BCUT2D eigenvalue weighted by molar-refractivity contribution is 5.95. The van der Waals surface area contributed by atoms with Crippen LogP contribution in [0.15, 0.2) is 24.3 Å². The molecule has 1 aromatic rings. The first-order chi connectivity index (χ1) is 9.94. The molecule has 1 atom stereocenters. The summed E-state index contributed by atoms with van der Waals surface area (Å²) in [6.07, 6.45) is 2.14. The molecule has 1 fully saturated rings. The quantitative estimate of drug-likeness (QED) is 0.863. The number of nitrogens with zero attached hydrogens (tertiary/aromatic N) is 1. The van der Waals surface area contributed by atoms with Crippen LogP contribution in [0.2, 0.25) is 0 Å². The van der Waals surface area contributed by atoms with Crippen molar-refractivity contribution in [1.82, 2.24) is 5.32 Å². The van der Waals surface area contributed by atoms with Crippen molar-refractivity contribution in [1.29, 1.82) is 0 Å². The number of rotatable bonds is 5. The van der Waals surface area contributed by atoms with Crippen LogP contribution in [0, 0.1) is 0 Å². The SMILES string of the molecule is CCC(C)(N)C(=O)NCc1ccc(N2CCCC2=O)cc1. The van der Waals surface area contributed by atoms with Gasteiger partial charge in [-0.3, -0.25) is 9.59 Å². The van der Waals surface area contributed by atoms with Crippen molar-refractivity contribution in [2.45, 2.75) is 45.2 Å². The third-order valence-corrected chi connectivity index (χ3v) is 4.03. The van der Waals surface area contributed by atoms with E-state index in [0.29, 0.717) is 19.4 Å². The zero-order valence-corrected chi connectivity index (χ0v) is 12.7. The Morgan fingerprint density at radius 2 is 2.05 bits per heavy atom. The third kappa shape index (κ3) is 3.61. The maximum absolute atomic E-state index is 11.9. The van der Waals surface area contributed by atoms with E-state index in [9.17, 15) is 9.59 Å². The minimum Gasteiger partial charge on any atom is -0.350 e. The van der Waals surface area contributed by atoms with Gasteiger partial charge < -0.3 is 16.0 Å². The van der Waals surface area contributed by atoms with Gasteiger partial charge >= 0.3 is 0 Å². The molecule has 1 aromatic carbocycles. The largest absolute Gasteiger partial charge is 0.350 e. The molecule has 0 bridgehead atoms. The Kier molecular flexibility index (Phi) is 4.63. The van der Waals surface area contributed by atoms with Crippen molar-refractivity contribution < 1.29 is 9.59 Å². The molecule has 0 aromatic heterocycles. The van der Waals surface area contributed by atoms with Crippen molar-refractivity contribution in [3.8, 4) is 0 Å². The zero-order valence-electron chi connectivity index (χ0n) is 12.7. The van der Waals surface area contributed by atoms with Crippen molar-refractivity contribution in [2.75, 3.05) is 11.4 Å². The molecule has 0 radical (unpaired) electrons. The van der Waals surface area contributed by atoms with Gasteiger partial charge in [0.2, 0.25) is 11.8 Å². The number of anilines is 1. The van der Waals surface area contributed by atoms with Gasteiger partial charge in [-0.2, -0.15) is 0 Å². The highest BCUT2D eigenvalue weighted by Gasteiger charge is 2.25. The Balaban J connectivity index is 1.94. The van der Waals surface area contributed by atoms with E-state index in [2.05, 4.69) is 5.32 Å². The topological polar surface area (TPSA) is 75.4 Å². The van der Waals surface area contributed by atoms with Gasteiger partial charge in [0, 0.05) is 25.2 Å². The molecule has 5 nitrogen and oxygen atoms in total. The number of carbonyl (C=O) groups is 2. The van der Waals surface area contributed by atoms with E-state index in [1.165, 1.54) is 0 Å². The molecule has 114 valence electrons. The van der Waals surface area contributed by atoms with E-state index in [-0.39, 0.29) is 11.8 Å². The minimum absolute atomic E-state index is 0.149. The van der Waals surface area contributed by atoms with Gasteiger partial charge in [0.25, 0.3) is 0 Å². The number of nitrogens with two attached hydrogens (primary N) is 1. The molecule has 0 spiro atoms. The molecule has 1 heterocycles. The number of nitrogens with one attached hydrogen (secondary N) is 1. The Bertz CT molecular complexity index is 523. The molecular weight excluding hydrogens is 266 g/mol. The highest BCUT2D eigenvalue weighted by Crippen LogP contribution is 2.21. The van der Waals surface area contributed by atoms with Crippen LogP contribution >= 0.6 is 0 Å². The minimum atomic E-state index is -0.831. The van der Waals surface area contributed by atoms with Crippen molar-refractivity contribution in [3.63, 3.8) is 0 Å². The summed E-state index contributed by atoms with van der Waals surface area (Å²) in [4.78, 5) is 25.4. The van der Waals surface area contributed by atoms with Crippen LogP contribution in [0.25, 0.3) is 0 Å². The van der Waals surface area contributed by atoms with Crippen LogP contribution < -0.4 is 16.0 Å². The van der Waals surface area contributed by atoms with Crippen molar-refractivity contribution in [3.05, 3.63) is 29.8 Å². The van der Waals surface area contributed by atoms with Crippen LogP contribution in [0.1, 0.15) is 38.7 Å². The second kappa shape index (κ2) is 6.26. The molecule has 1 aliphatic rings. The maximum atomic E-state index is 11.9. The van der Waals surface area contributed by atoms with E-state index in [1.54, 1.807) is 11.8 Å². The first-order valence-corrected chi connectivity index (χ1v) is 7.40. The second-order valence-corrected chi connectivity index (χ2v) is 5.77. The number of carbonyl (C=O) groups excluding carboxylic acids is 2. The van der Waals surface area contributed by atoms with Gasteiger partial charge in [-0.25, -0.2) is 0 Å². The molecule has 0 saturated carbocycles. The molecule has 2 rings (SSSR count). The van der Waals surface area contributed by atoms with Crippen molar-refractivity contribution in [2.24, 2.45) is 5.73 Å². The molecule has 21 heavy (non-hydrogen) atoms. The summed E-state index contributed by atoms with van der Waals surface area (Å²) in [5.74, 6) is 0.0293. The van der Waals surface area contributed by atoms with Crippen LogP contribution in [-0.4, -0.2) is 23.9 Å². The van der Waals surface area contributed by atoms with Gasteiger partial charge in [-0.15, -0.1) is 0 Å². The molecule has 1 aliphatic heterocycles. The predicted molar refractivity (Wildman–Crippen MR) is 82.8 cm³/mol. The monoisotopic (exact) mass is 289 g/mol. The molecular formula is C16H23N3O2. The fourth-order valence-electron chi connectivity index (χ4n) is 2.26. The van der Waals surface area contributed by atoms with Gasteiger partial charge in [0.05, 0.1) is 5.54 Å². The summed E-state index contributed by atoms with van der Waals surface area (Å²) in [7, 11) is 0. The molecule has 1 unspecified atom stereocenters. The maximum Gasteiger partial charge on any atom is 0.240 e. The number of hydrogen-bond acceptors (Lipinski definition) is 3. The summed E-state index contributed by atoms with van der Waals surface area (Å²) in [6, 6.07) is 7.71. The standard InChI is InChI=1S/C16H23N3O2/c1-3-16(2,17)15(21)18-11-12-6-8-13(9-7-12)19-10-4-5-14(19)20/h6-9H,3-5,10-11,17H2,1-2H3,(H,18,21). The van der Waals surface area contributed by atoms with Crippen LogP contribution in [-0.2, 0) is 16.1 Å². The fourth-order valence-corrected chi connectivity index (χ4v) is 2.26. The van der Waals surface area contributed by atoms with E-state index < -0.39 is 5.54 Å². The molecule has 2 amide bonds. The van der Waals surface area contributed by atoms with E-state index in [1.807, 2.05) is 31.2 Å². The first kappa shape index (κ1) is 15.5. The lowest BCUT2D eigenvalue weighted by atomic mass is 9.99. The van der Waals surface area contributed by atoms with E-state index >= 15 is 0 Å². The Morgan fingerprint density at radius 1 is 1.38 bits per heavy atom. The lowest BCUT2D eigenvalue weighted by molar-refractivity contribution is -0.126. The van der Waals surface area contributed by atoms with Gasteiger partial charge in [-0.1, -0.05) is 19.1 Å². The summed E-state index contributed by atoms with van der Waals surface area (Å²) < 4.78 is 0. The zero-order chi connectivity index (χ0) is 15.5. The van der Waals surface area contributed by atoms with Gasteiger partial charge in [-0.05, 0) is 37.5 Å². The summed E-state index contributed by atoms with van der Waals surface area (Å²) in [6.45, 7) is 4.85. The predicted octanol–water partition coefficient (Wildman–Crippen LogP) is 1.56. The first-order valence-electron chi connectivity index (χ1n) is 7.40. The Morgan fingerprint density at radius 3 is 2.57 bits per heavy atom. The lowest BCUT2D eigenvalue weighted by Crippen LogP contribution is -2.50. The van der Waals surface area contributed by atoms with E-state index in [4.69, 9.17) is 5.73 Å². The van der Waals surface area contributed by atoms with Gasteiger partial charge in [0.1, 0.15) is 0 Å². The lowest BCUT2D eigenvalue weighted by Gasteiger charge is -2.21.